The van der Waals surface area contributed by atoms with Crippen LogP contribution in [0.4, 0.5) is 8.78 Å². The summed E-state index contributed by atoms with van der Waals surface area (Å²) in [6.45, 7) is 0. The minimum absolute atomic E-state index is 0.00959. The molecule has 0 amide bonds. The van der Waals surface area contributed by atoms with Gasteiger partial charge in [-0.25, -0.2) is 8.78 Å². The molecule has 1 N–H and O–H groups in total. The first-order chi connectivity index (χ1) is 10.2. The molecule has 0 aliphatic rings. The third kappa shape index (κ3) is 2.07. The van der Waals surface area contributed by atoms with Crippen molar-refractivity contribution in [3.63, 3.8) is 0 Å². The Morgan fingerprint density at radius 1 is 1.19 bits per heavy atom. The van der Waals surface area contributed by atoms with Crippen LogP contribution in [0.25, 0.3) is 22.2 Å². The van der Waals surface area contributed by atoms with Gasteiger partial charge in [0.15, 0.2) is 6.29 Å². The van der Waals surface area contributed by atoms with Gasteiger partial charge in [-0.2, -0.15) is 0 Å². The zero-order valence-electron chi connectivity index (χ0n) is 11.1. The molecule has 3 aromatic rings. The number of aromatic amines is 1. The minimum Gasteiger partial charge on any atom is -0.495 e. The number of methoxy groups -OCH3 is 1. The summed E-state index contributed by atoms with van der Waals surface area (Å²) in [5, 5.41) is 0.600. The number of hydrogen-bond acceptors (Lipinski definition) is 2. The van der Waals surface area contributed by atoms with Gasteiger partial charge in [-0.1, -0.05) is 12.1 Å². The van der Waals surface area contributed by atoms with Crippen molar-refractivity contribution in [2.45, 2.75) is 0 Å². The molecule has 0 radical (unpaired) electrons. The number of rotatable bonds is 3. The molecule has 5 heteroatoms. The van der Waals surface area contributed by atoms with E-state index in [0.717, 1.165) is 18.2 Å². The van der Waals surface area contributed by atoms with Crippen LogP contribution >= 0.6 is 0 Å². The number of fused-ring (bicyclic) bond motifs is 1. The molecule has 3 rings (SSSR count). The summed E-state index contributed by atoms with van der Waals surface area (Å²) in [7, 11) is 1.50. The molecule has 3 nitrogen and oxygen atoms in total. The van der Waals surface area contributed by atoms with E-state index in [0.29, 0.717) is 22.9 Å². The normalized spacial score (nSPS) is 10.8. The zero-order chi connectivity index (χ0) is 15.0. The summed E-state index contributed by atoms with van der Waals surface area (Å²) >= 11 is 0. The van der Waals surface area contributed by atoms with Gasteiger partial charge in [-0.3, -0.25) is 4.79 Å². The maximum atomic E-state index is 13.9. The molecule has 0 saturated heterocycles. The highest BCUT2D eigenvalue weighted by Gasteiger charge is 2.18. The van der Waals surface area contributed by atoms with Crippen LogP contribution in [0.1, 0.15) is 10.4 Å². The number of ether oxygens (including phenoxy) is 1. The van der Waals surface area contributed by atoms with E-state index in [9.17, 15) is 13.6 Å². The molecule has 0 spiro atoms. The number of hydrogen-bond donors (Lipinski definition) is 1. The van der Waals surface area contributed by atoms with Crippen molar-refractivity contribution in [3.05, 3.63) is 53.6 Å². The van der Waals surface area contributed by atoms with E-state index in [1.54, 1.807) is 18.2 Å². The molecule has 0 aliphatic heterocycles. The first kappa shape index (κ1) is 13.3. The Bertz CT molecular complexity index is 840. The SMILES string of the molecule is COc1cccc2c(C=O)c(-c3cc(F)ccc3F)[nH]c12. The van der Waals surface area contributed by atoms with Crippen molar-refractivity contribution in [1.29, 1.82) is 0 Å². The quantitative estimate of drug-likeness (QED) is 0.741. The van der Waals surface area contributed by atoms with Crippen LogP contribution in [0.15, 0.2) is 36.4 Å². The van der Waals surface area contributed by atoms with Crippen molar-refractivity contribution in [2.24, 2.45) is 0 Å². The van der Waals surface area contributed by atoms with E-state index in [-0.39, 0.29) is 16.8 Å². The molecular formula is C16H11F2NO2. The number of nitrogens with one attached hydrogen (secondary N) is 1. The smallest absolute Gasteiger partial charge is 0.152 e. The Morgan fingerprint density at radius 3 is 2.71 bits per heavy atom. The zero-order valence-corrected chi connectivity index (χ0v) is 11.1. The van der Waals surface area contributed by atoms with E-state index in [2.05, 4.69) is 4.98 Å². The number of halogens is 2. The molecular weight excluding hydrogens is 276 g/mol. The molecule has 0 bridgehead atoms. The molecule has 0 saturated carbocycles. The number of para-hydroxylation sites is 1. The van der Waals surface area contributed by atoms with Crippen molar-refractivity contribution in [2.75, 3.05) is 7.11 Å². The fraction of sp³-hybridized carbons (Fsp3) is 0.0625. The first-order valence-electron chi connectivity index (χ1n) is 6.25. The van der Waals surface area contributed by atoms with E-state index in [1.165, 1.54) is 7.11 Å². The maximum absolute atomic E-state index is 13.9. The van der Waals surface area contributed by atoms with Gasteiger partial charge >= 0.3 is 0 Å². The number of carbonyl (C=O) groups is 1. The summed E-state index contributed by atoms with van der Waals surface area (Å²) in [5.41, 5.74) is 1.09. The molecule has 1 heterocycles. The molecule has 0 atom stereocenters. The van der Waals surface area contributed by atoms with Gasteiger partial charge in [0.1, 0.15) is 17.4 Å². The summed E-state index contributed by atoms with van der Waals surface area (Å²) in [4.78, 5) is 14.4. The van der Waals surface area contributed by atoms with E-state index < -0.39 is 11.6 Å². The van der Waals surface area contributed by atoms with Crippen LogP contribution in [-0.2, 0) is 0 Å². The third-order valence-corrected chi connectivity index (χ3v) is 3.37. The highest BCUT2D eigenvalue weighted by Crippen LogP contribution is 2.34. The average molecular weight is 287 g/mol. The third-order valence-electron chi connectivity index (χ3n) is 3.37. The van der Waals surface area contributed by atoms with E-state index >= 15 is 0 Å². The molecule has 106 valence electrons. The predicted molar refractivity (Wildman–Crippen MR) is 75.6 cm³/mol. The van der Waals surface area contributed by atoms with Gasteiger partial charge in [-0.05, 0) is 24.3 Å². The van der Waals surface area contributed by atoms with E-state index in [1.807, 2.05) is 0 Å². The highest BCUT2D eigenvalue weighted by atomic mass is 19.1. The van der Waals surface area contributed by atoms with Gasteiger partial charge in [0.25, 0.3) is 0 Å². The van der Waals surface area contributed by atoms with Gasteiger partial charge in [0.05, 0.1) is 18.3 Å². The van der Waals surface area contributed by atoms with Gasteiger partial charge in [-0.15, -0.1) is 0 Å². The summed E-state index contributed by atoms with van der Waals surface area (Å²) in [6.07, 6.45) is 0.623. The average Bonchev–Trinajstić information content (AvgIpc) is 2.87. The van der Waals surface area contributed by atoms with Crippen molar-refractivity contribution in [1.82, 2.24) is 4.98 Å². The van der Waals surface area contributed by atoms with Gasteiger partial charge < -0.3 is 9.72 Å². The second-order valence-electron chi connectivity index (χ2n) is 4.54. The minimum atomic E-state index is -0.606. The number of aldehydes is 1. The lowest BCUT2D eigenvalue weighted by atomic mass is 10.1. The van der Waals surface area contributed by atoms with Crippen LogP contribution in [0.5, 0.6) is 5.75 Å². The molecule has 0 unspecified atom stereocenters. The lowest BCUT2D eigenvalue weighted by Crippen LogP contribution is -1.90. The molecule has 0 fully saturated rings. The first-order valence-corrected chi connectivity index (χ1v) is 6.25. The summed E-state index contributed by atoms with van der Waals surface area (Å²) < 4.78 is 32.5. The standard InChI is InChI=1S/C16H11F2NO2/c1-21-14-4-2-3-10-12(8-20)15(19-16(10)14)11-7-9(17)5-6-13(11)18/h2-8,19H,1H3. The largest absolute Gasteiger partial charge is 0.495 e. The summed E-state index contributed by atoms with van der Waals surface area (Å²) in [5.74, 6) is -0.655. The Kier molecular flexibility index (Phi) is 3.17. The van der Waals surface area contributed by atoms with Crippen LogP contribution in [0, 0.1) is 11.6 Å². The van der Waals surface area contributed by atoms with Crippen LogP contribution in [-0.4, -0.2) is 18.4 Å². The topological polar surface area (TPSA) is 42.1 Å². The predicted octanol–water partition coefficient (Wildman–Crippen LogP) is 3.93. The number of benzene rings is 2. The van der Waals surface area contributed by atoms with Crippen molar-refractivity contribution in [3.8, 4) is 17.0 Å². The van der Waals surface area contributed by atoms with Crippen LogP contribution in [0.3, 0.4) is 0 Å². The molecule has 21 heavy (non-hydrogen) atoms. The Morgan fingerprint density at radius 2 is 2.00 bits per heavy atom. The Hall–Kier alpha value is -2.69. The van der Waals surface area contributed by atoms with Gasteiger partial charge in [0, 0.05) is 16.5 Å². The fourth-order valence-corrected chi connectivity index (χ4v) is 2.41. The molecule has 0 aliphatic carbocycles. The second kappa shape index (κ2) is 5.01. The number of H-pyrrole nitrogens is 1. The van der Waals surface area contributed by atoms with Crippen molar-refractivity contribution < 1.29 is 18.3 Å². The van der Waals surface area contributed by atoms with Crippen LogP contribution in [0.2, 0.25) is 0 Å². The second-order valence-corrected chi connectivity index (χ2v) is 4.54. The Balaban J connectivity index is 2.37. The van der Waals surface area contributed by atoms with E-state index in [4.69, 9.17) is 4.74 Å². The van der Waals surface area contributed by atoms with Crippen molar-refractivity contribution >= 4 is 17.2 Å². The highest BCUT2D eigenvalue weighted by molar-refractivity contribution is 6.06. The molecule has 1 aromatic heterocycles. The van der Waals surface area contributed by atoms with Gasteiger partial charge in [0.2, 0.25) is 0 Å². The lowest BCUT2D eigenvalue weighted by molar-refractivity contribution is 0.112. The maximum Gasteiger partial charge on any atom is 0.152 e. The summed E-state index contributed by atoms with van der Waals surface area (Å²) in [6, 6.07) is 8.29. The molecule has 2 aromatic carbocycles. The number of aromatic nitrogens is 1. The number of carbonyl (C=O) groups excluding carboxylic acids is 1. The van der Waals surface area contributed by atoms with Crippen LogP contribution < -0.4 is 4.74 Å². The monoisotopic (exact) mass is 287 g/mol. The fourth-order valence-electron chi connectivity index (χ4n) is 2.41. The lowest BCUT2D eigenvalue weighted by Gasteiger charge is -2.02. The Labute approximate surface area is 119 Å².